The van der Waals surface area contributed by atoms with Gasteiger partial charge in [-0.05, 0) is 49.1 Å². The lowest BCUT2D eigenvalue weighted by Gasteiger charge is -2.31. The van der Waals surface area contributed by atoms with Crippen LogP contribution in [0.15, 0.2) is 53.0 Å². The van der Waals surface area contributed by atoms with Gasteiger partial charge in [0.15, 0.2) is 0 Å². The van der Waals surface area contributed by atoms with Crippen LogP contribution in [-0.4, -0.2) is 28.8 Å². The Bertz CT molecular complexity index is 866. The fourth-order valence-corrected chi connectivity index (χ4v) is 4.11. The summed E-state index contributed by atoms with van der Waals surface area (Å²) < 4.78 is 15.0. The first-order valence-corrected chi connectivity index (χ1v) is 11.3. The van der Waals surface area contributed by atoms with Gasteiger partial charge in [0.05, 0.1) is 6.42 Å². The first-order valence-electron chi connectivity index (χ1n) is 10.5. The quantitative estimate of drug-likeness (QED) is 0.613. The number of carbonyl (C=O) groups is 2. The van der Waals surface area contributed by atoms with Crippen LogP contribution in [0.3, 0.4) is 0 Å². The molecule has 0 aliphatic heterocycles. The van der Waals surface area contributed by atoms with E-state index in [1.165, 1.54) is 12.5 Å². The topological polar surface area (TPSA) is 49.4 Å². The highest BCUT2D eigenvalue weighted by Gasteiger charge is 2.28. The highest BCUT2D eigenvalue weighted by atomic mass is 79.9. The van der Waals surface area contributed by atoms with Crippen LogP contribution in [0.5, 0.6) is 0 Å². The minimum absolute atomic E-state index is 0.0791. The van der Waals surface area contributed by atoms with Crippen LogP contribution >= 0.6 is 15.9 Å². The lowest BCUT2D eigenvalue weighted by Crippen LogP contribution is -2.50. The number of halogens is 2. The highest BCUT2D eigenvalue weighted by Crippen LogP contribution is 2.19. The predicted molar refractivity (Wildman–Crippen MR) is 119 cm³/mol. The van der Waals surface area contributed by atoms with Crippen LogP contribution < -0.4 is 5.32 Å². The van der Waals surface area contributed by atoms with E-state index < -0.39 is 11.9 Å². The van der Waals surface area contributed by atoms with E-state index in [1.807, 2.05) is 24.3 Å². The number of benzene rings is 2. The lowest BCUT2D eigenvalue weighted by atomic mass is 9.95. The minimum Gasteiger partial charge on any atom is -0.352 e. The van der Waals surface area contributed by atoms with E-state index >= 15 is 0 Å². The van der Waals surface area contributed by atoms with Crippen LogP contribution in [0.4, 0.5) is 4.39 Å². The number of hydrogen-bond acceptors (Lipinski definition) is 2. The second-order valence-electron chi connectivity index (χ2n) is 7.94. The van der Waals surface area contributed by atoms with Gasteiger partial charge in [-0.15, -0.1) is 0 Å². The molecule has 6 heteroatoms. The third-order valence-electron chi connectivity index (χ3n) is 5.68. The van der Waals surface area contributed by atoms with Crippen molar-refractivity contribution in [2.45, 2.75) is 64.1 Å². The zero-order valence-electron chi connectivity index (χ0n) is 17.2. The second-order valence-corrected chi connectivity index (χ2v) is 8.85. The van der Waals surface area contributed by atoms with Crippen molar-refractivity contribution in [2.24, 2.45) is 0 Å². The molecule has 2 aromatic carbocycles. The maximum absolute atomic E-state index is 14.1. The van der Waals surface area contributed by atoms with E-state index in [0.29, 0.717) is 12.1 Å². The van der Waals surface area contributed by atoms with Gasteiger partial charge in [0.2, 0.25) is 11.8 Å². The molecule has 1 aliphatic carbocycles. The van der Waals surface area contributed by atoms with Crippen molar-refractivity contribution in [3.63, 3.8) is 0 Å². The first kappa shape index (κ1) is 22.5. The summed E-state index contributed by atoms with van der Waals surface area (Å²) in [5.41, 5.74) is 1.25. The van der Waals surface area contributed by atoms with Crippen molar-refractivity contribution >= 4 is 27.7 Å². The van der Waals surface area contributed by atoms with E-state index in [4.69, 9.17) is 0 Å². The van der Waals surface area contributed by atoms with E-state index in [-0.39, 0.29) is 24.3 Å². The van der Waals surface area contributed by atoms with E-state index in [0.717, 1.165) is 35.7 Å². The molecule has 4 nitrogen and oxygen atoms in total. The fraction of sp³-hybridized carbons (Fsp3) is 0.417. The molecule has 0 spiro atoms. The van der Waals surface area contributed by atoms with Gasteiger partial charge in [-0.2, -0.15) is 0 Å². The smallest absolute Gasteiger partial charge is 0.242 e. The minimum atomic E-state index is -0.644. The molecule has 1 aliphatic rings. The van der Waals surface area contributed by atoms with Gasteiger partial charge < -0.3 is 10.2 Å². The number of nitrogens with zero attached hydrogens (tertiary/aromatic N) is 1. The Balaban J connectivity index is 1.76. The first-order chi connectivity index (χ1) is 14.4. The summed E-state index contributed by atoms with van der Waals surface area (Å²) >= 11 is 3.41. The lowest BCUT2D eigenvalue weighted by molar-refractivity contribution is -0.140. The van der Waals surface area contributed by atoms with Crippen LogP contribution in [0.25, 0.3) is 0 Å². The van der Waals surface area contributed by atoms with Crippen molar-refractivity contribution in [1.29, 1.82) is 0 Å². The molecular formula is C24H28BrFN2O2. The molecule has 160 valence electrons. The van der Waals surface area contributed by atoms with Crippen molar-refractivity contribution in [3.05, 3.63) is 69.9 Å². The Morgan fingerprint density at radius 3 is 2.43 bits per heavy atom. The molecule has 0 aromatic heterocycles. The Labute approximate surface area is 186 Å². The van der Waals surface area contributed by atoms with Crippen molar-refractivity contribution < 1.29 is 14.0 Å². The molecule has 0 saturated heterocycles. The normalized spacial score (nSPS) is 15.4. The van der Waals surface area contributed by atoms with Gasteiger partial charge in [0.25, 0.3) is 0 Å². The third kappa shape index (κ3) is 6.14. The van der Waals surface area contributed by atoms with Gasteiger partial charge in [-0.1, -0.05) is 65.5 Å². The van der Waals surface area contributed by atoms with Gasteiger partial charge in [-0.3, -0.25) is 9.59 Å². The standard InChI is InChI=1S/C24H28BrFN2O2/c1-17(24(30)27-21-8-3-2-4-9-21)28(16-18-11-13-20(25)14-12-18)23(29)15-19-7-5-6-10-22(19)26/h5-7,10-14,17,21H,2-4,8-9,15-16H2,1H3,(H,27,30)/t17-/m1/s1. The molecule has 1 N–H and O–H groups in total. The Kier molecular flexibility index (Phi) is 8.02. The maximum Gasteiger partial charge on any atom is 0.242 e. The van der Waals surface area contributed by atoms with E-state index in [2.05, 4.69) is 21.2 Å². The molecule has 2 amide bonds. The van der Waals surface area contributed by atoms with E-state index in [9.17, 15) is 14.0 Å². The number of hydrogen-bond donors (Lipinski definition) is 1. The average Bonchev–Trinajstić information content (AvgIpc) is 2.75. The zero-order valence-corrected chi connectivity index (χ0v) is 18.8. The number of carbonyl (C=O) groups excluding carboxylic acids is 2. The zero-order chi connectivity index (χ0) is 21.5. The van der Waals surface area contributed by atoms with Crippen molar-refractivity contribution in [3.8, 4) is 0 Å². The molecule has 0 heterocycles. The monoisotopic (exact) mass is 474 g/mol. The van der Waals surface area contributed by atoms with Crippen LogP contribution in [0.1, 0.15) is 50.2 Å². The summed E-state index contributed by atoms with van der Waals surface area (Å²) in [6.45, 7) is 2.04. The van der Waals surface area contributed by atoms with Gasteiger partial charge in [0, 0.05) is 17.1 Å². The molecule has 1 fully saturated rings. The predicted octanol–water partition coefficient (Wildman–Crippen LogP) is 5.00. The number of rotatable bonds is 7. The van der Waals surface area contributed by atoms with Crippen LogP contribution in [0, 0.1) is 5.82 Å². The average molecular weight is 475 g/mol. The summed E-state index contributed by atoms with van der Waals surface area (Å²) in [6, 6.07) is 13.4. The number of amides is 2. The molecule has 1 saturated carbocycles. The highest BCUT2D eigenvalue weighted by molar-refractivity contribution is 9.10. The van der Waals surface area contributed by atoms with Crippen LogP contribution in [-0.2, 0) is 22.6 Å². The second kappa shape index (κ2) is 10.7. The molecule has 1 atom stereocenters. The summed E-state index contributed by atoms with van der Waals surface area (Å²) in [5.74, 6) is -0.830. The van der Waals surface area contributed by atoms with E-state index in [1.54, 1.807) is 30.0 Å². The van der Waals surface area contributed by atoms with Gasteiger partial charge in [0.1, 0.15) is 11.9 Å². The summed E-state index contributed by atoms with van der Waals surface area (Å²) in [6.07, 6.45) is 5.33. The Morgan fingerprint density at radius 1 is 1.10 bits per heavy atom. The third-order valence-corrected chi connectivity index (χ3v) is 6.21. The molecule has 0 bridgehead atoms. The number of nitrogens with one attached hydrogen (secondary N) is 1. The summed E-state index contributed by atoms with van der Waals surface area (Å²) in [5, 5.41) is 3.11. The fourth-order valence-electron chi connectivity index (χ4n) is 3.84. The molecule has 30 heavy (non-hydrogen) atoms. The molecule has 3 rings (SSSR count). The molecule has 0 radical (unpaired) electrons. The molecular weight excluding hydrogens is 447 g/mol. The van der Waals surface area contributed by atoms with Gasteiger partial charge >= 0.3 is 0 Å². The molecule has 2 aromatic rings. The SMILES string of the molecule is C[C@H](C(=O)NC1CCCCC1)N(Cc1ccc(Br)cc1)C(=O)Cc1ccccc1F. The maximum atomic E-state index is 14.1. The largest absolute Gasteiger partial charge is 0.352 e. The van der Waals surface area contributed by atoms with Crippen LogP contribution in [0.2, 0.25) is 0 Å². The summed E-state index contributed by atoms with van der Waals surface area (Å²) in [7, 11) is 0. The van der Waals surface area contributed by atoms with Crippen molar-refractivity contribution in [1.82, 2.24) is 10.2 Å². The molecule has 0 unspecified atom stereocenters. The van der Waals surface area contributed by atoms with Gasteiger partial charge in [-0.25, -0.2) is 4.39 Å². The Morgan fingerprint density at radius 2 is 1.77 bits per heavy atom. The van der Waals surface area contributed by atoms with Crippen molar-refractivity contribution in [2.75, 3.05) is 0 Å². The Hall–Kier alpha value is -2.21. The summed E-state index contributed by atoms with van der Waals surface area (Å²) in [4.78, 5) is 27.6.